The molecule has 0 spiro atoms. The number of benzene rings is 6. The minimum atomic E-state index is 0.840. The Kier molecular flexibility index (Phi) is 5.79. The molecule has 198 valence electrons. The molecule has 0 bridgehead atoms. The van der Waals surface area contributed by atoms with Gasteiger partial charge < -0.3 is 9.32 Å². The Labute approximate surface area is 243 Å². The van der Waals surface area contributed by atoms with Gasteiger partial charge in [-0.2, -0.15) is 0 Å². The van der Waals surface area contributed by atoms with Gasteiger partial charge in [0.1, 0.15) is 11.2 Å². The van der Waals surface area contributed by atoms with Crippen molar-refractivity contribution in [2.45, 2.75) is 0 Å². The molecule has 0 fully saturated rings. The second kappa shape index (κ2) is 10.1. The fourth-order valence-corrected chi connectivity index (χ4v) is 5.80. The first-order valence-electron chi connectivity index (χ1n) is 14.1. The number of aromatic nitrogens is 1. The van der Waals surface area contributed by atoms with E-state index >= 15 is 0 Å². The van der Waals surface area contributed by atoms with Gasteiger partial charge in [0.25, 0.3) is 0 Å². The maximum Gasteiger partial charge on any atom is 0.146 e. The van der Waals surface area contributed by atoms with E-state index in [9.17, 15) is 0 Å². The normalized spacial score (nSPS) is 11.3. The van der Waals surface area contributed by atoms with Gasteiger partial charge in [0.15, 0.2) is 0 Å². The highest BCUT2D eigenvalue weighted by Gasteiger charge is 2.17. The predicted molar refractivity (Wildman–Crippen MR) is 175 cm³/mol. The van der Waals surface area contributed by atoms with Gasteiger partial charge in [-0.25, -0.2) is 0 Å². The first-order valence-corrected chi connectivity index (χ1v) is 14.1. The van der Waals surface area contributed by atoms with Crippen LogP contribution in [0, 0.1) is 0 Å². The van der Waals surface area contributed by atoms with Crippen LogP contribution in [0.5, 0.6) is 0 Å². The monoisotopic (exact) mass is 538 g/mol. The highest BCUT2D eigenvalue weighted by molar-refractivity contribution is 6.14. The van der Waals surface area contributed by atoms with E-state index in [1.54, 1.807) is 0 Å². The van der Waals surface area contributed by atoms with Crippen molar-refractivity contribution in [3.63, 3.8) is 0 Å². The third-order valence-corrected chi connectivity index (χ3v) is 7.92. The van der Waals surface area contributed by atoms with Crippen LogP contribution in [0.15, 0.2) is 162 Å². The van der Waals surface area contributed by atoms with Gasteiger partial charge in [-0.1, -0.05) is 97.1 Å². The molecule has 0 N–H and O–H groups in total. The molecular formula is C39H26N2O. The van der Waals surface area contributed by atoms with E-state index < -0.39 is 0 Å². The summed E-state index contributed by atoms with van der Waals surface area (Å²) in [5.74, 6) is 0. The maximum atomic E-state index is 6.52. The zero-order valence-corrected chi connectivity index (χ0v) is 22.8. The van der Waals surface area contributed by atoms with Crippen LogP contribution >= 0.6 is 0 Å². The Balaban J connectivity index is 1.26. The molecule has 0 atom stereocenters. The van der Waals surface area contributed by atoms with Crippen molar-refractivity contribution < 1.29 is 4.42 Å². The van der Waals surface area contributed by atoms with Crippen LogP contribution in [0.3, 0.4) is 0 Å². The first-order chi connectivity index (χ1) is 20.8. The zero-order valence-electron chi connectivity index (χ0n) is 22.8. The van der Waals surface area contributed by atoms with Gasteiger partial charge in [-0.15, -0.1) is 0 Å². The third kappa shape index (κ3) is 4.20. The highest BCUT2D eigenvalue weighted by Crippen LogP contribution is 2.40. The molecule has 2 aromatic heterocycles. The van der Waals surface area contributed by atoms with Gasteiger partial charge in [0, 0.05) is 45.5 Å². The summed E-state index contributed by atoms with van der Waals surface area (Å²) in [6, 6.07) is 53.1. The Hall–Kier alpha value is -5.67. The first kappa shape index (κ1) is 24.2. The highest BCUT2D eigenvalue weighted by atomic mass is 16.3. The second-order valence-electron chi connectivity index (χ2n) is 10.5. The molecule has 0 aliphatic heterocycles. The molecule has 0 saturated carbocycles. The summed E-state index contributed by atoms with van der Waals surface area (Å²) in [5.41, 5.74) is 10.6. The maximum absolute atomic E-state index is 6.52. The third-order valence-electron chi connectivity index (χ3n) is 7.92. The molecule has 0 aliphatic carbocycles. The molecule has 8 rings (SSSR count). The van der Waals surface area contributed by atoms with Crippen LogP contribution in [-0.4, -0.2) is 4.98 Å². The van der Waals surface area contributed by atoms with Crippen molar-refractivity contribution >= 4 is 49.9 Å². The largest absolute Gasteiger partial charge is 0.455 e. The standard InChI is InChI=1S/C39H26N2O/c1-3-9-27(10-4-1)29-15-19-31(20-16-29)41(32-21-17-30(18-22-32)28-11-5-2-6-12-28)33-23-24-34-36-26-40-37-14-8-7-13-35(37)39(36)42-38(34)25-33/h1-26H. The van der Waals surface area contributed by atoms with E-state index in [0.29, 0.717) is 0 Å². The average Bonchev–Trinajstić information content (AvgIpc) is 3.45. The number of rotatable bonds is 5. The smallest absolute Gasteiger partial charge is 0.146 e. The lowest BCUT2D eigenvalue weighted by Crippen LogP contribution is -2.09. The lowest BCUT2D eigenvalue weighted by molar-refractivity contribution is 0.672. The van der Waals surface area contributed by atoms with Crippen molar-refractivity contribution in [1.29, 1.82) is 0 Å². The minimum Gasteiger partial charge on any atom is -0.455 e. The number of furan rings is 1. The van der Waals surface area contributed by atoms with E-state index in [1.807, 2.05) is 36.5 Å². The Bertz CT molecular complexity index is 2080. The molecule has 0 radical (unpaired) electrons. The Morgan fingerprint density at radius 3 is 1.57 bits per heavy atom. The number of para-hydroxylation sites is 1. The van der Waals surface area contributed by atoms with E-state index in [1.165, 1.54) is 22.3 Å². The summed E-state index contributed by atoms with van der Waals surface area (Å²) in [7, 11) is 0. The molecule has 0 unspecified atom stereocenters. The SMILES string of the molecule is c1ccc(-c2ccc(N(c3ccc(-c4ccccc4)cc3)c3ccc4c(c3)oc3c5ccccc5ncc43)cc2)cc1. The molecule has 0 aliphatic rings. The molecule has 42 heavy (non-hydrogen) atoms. The van der Waals surface area contributed by atoms with Gasteiger partial charge in [-0.05, 0) is 70.8 Å². The Morgan fingerprint density at radius 1 is 0.429 bits per heavy atom. The number of nitrogens with zero attached hydrogens (tertiary/aromatic N) is 2. The van der Waals surface area contributed by atoms with E-state index in [-0.39, 0.29) is 0 Å². The quantitative estimate of drug-likeness (QED) is 0.218. The van der Waals surface area contributed by atoms with Crippen molar-refractivity contribution in [1.82, 2.24) is 4.98 Å². The summed E-state index contributed by atoms with van der Waals surface area (Å²) in [4.78, 5) is 6.96. The number of anilines is 3. The van der Waals surface area contributed by atoms with Gasteiger partial charge in [0.05, 0.1) is 5.52 Å². The second-order valence-corrected chi connectivity index (χ2v) is 10.5. The van der Waals surface area contributed by atoms with E-state index in [4.69, 9.17) is 4.42 Å². The molecule has 8 aromatic rings. The number of fused-ring (bicyclic) bond motifs is 5. The van der Waals surface area contributed by atoms with Crippen molar-refractivity contribution in [3.8, 4) is 22.3 Å². The molecule has 0 amide bonds. The van der Waals surface area contributed by atoms with Gasteiger partial charge >= 0.3 is 0 Å². The molecular weight excluding hydrogens is 512 g/mol. The molecule has 3 heteroatoms. The summed E-state index contributed by atoms with van der Waals surface area (Å²) in [5, 5.41) is 3.12. The Morgan fingerprint density at radius 2 is 0.952 bits per heavy atom. The number of pyridine rings is 1. The van der Waals surface area contributed by atoms with E-state index in [2.05, 4.69) is 131 Å². The molecule has 3 nitrogen and oxygen atoms in total. The van der Waals surface area contributed by atoms with Crippen LogP contribution in [0.4, 0.5) is 17.1 Å². The fourth-order valence-electron chi connectivity index (χ4n) is 5.80. The predicted octanol–water partition coefficient (Wildman–Crippen LogP) is 10.9. The van der Waals surface area contributed by atoms with E-state index in [0.717, 1.165) is 49.9 Å². The van der Waals surface area contributed by atoms with Crippen molar-refractivity contribution in [2.24, 2.45) is 0 Å². The average molecular weight is 539 g/mol. The lowest BCUT2D eigenvalue weighted by atomic mass is 10.0. The molecule has 6 aromatic carbocycles. The van der Waals surface area contributed by atoms with Crippen molar-refractivity contribution in [3.05, 3.63) is 158 Å². The summed E-state index contributed by atoms with van der Waals surface area (Å²) in [6.45, 7) is 0. The topological polar surface area (TPSA) is 29.3 Å². The van der Waals surface area contributed by atoms with Crippen LogP contribution in [0.2, 0.25) is 0 Å². The summed E-state index contributed by atoms with van der Waals surface area (Å²) >= 11 is 0. The van der Waals surface area contributed by atoms with Crippen molar-refractivity contribution in [2.75, 3.05) is 4.90 Å². The molecule has 0 saturated heterocycles. The van der Waals surface area contributed by atoms with Crippen LogP contribution in [0.25, 0.3) is 55.1 Å². The molecule has 2 heterocycles. The summed E-state index contributed by atoms with van der Waals surface area (Å²) in [6.07, 6.45) is 1.92. The van der Waals surface area contributed by atoms with Gasteiger partial charge in [0.2, 0.25) is 0 Å². The van der Waals surface area contributed by atoms with Gasteiger partial charge in [-0.3, -0.25) is 4.98 Å². The lowest BCUT2D eigenvalue weighted by Gasteiger charge is -2.26. The number of hydrogen-bond acceptors (Lipinski definition) is 3. The van der Waals surface area contributed by atoms with Crippen LogP contribution < -0.4 is 4.90 Å². The fraction of sp³-hybridized carbons (Fsp3) is 0. The minimum absolute atomic E-state index is 0.840. The van der Waals surface area contributed by atoms with Crippen LogP contribution in [-0.2, 0) is 0 Å². The number of hydrogen-bond donors (Lipinski definition) is 0. The summed E-state index contributed by atoms with van der Waals surface area (Å²) < 4.78 is 6.52. The zero-order chi connectivity index (χ0) is 27.9. The van der Waals surface area contributed by atoms with Crippen LogP contribution in [0.1, 0.15) is 0 Å².